The van der Waals surface area contributed by atoms with E-state index in [0.717, 1.165) is 17.3 Å². The van der Waals surface area contributed by atoms with Gasteiger partial charge in [-0.3, -0.25) is 4.57 Å². The van der Waals surface area contributed by atoms with Gasteiger partial charge in [0.15, 0.2) is 0 Å². The predicted octanol–water partition coefficient (Wildman–Crippen LogP) is 2.70. The van der Waals surface area contributed by atoms with Gasteiger partial charge in [0.2, 0.25) is 0 Å². The van der Waals surface area contributed by atoms with Crippen LogP contribution >= 0.6 is 0 Å². The van der Waals surface area contributed by atoms with Gasteiger partial charge in [-0.1, -0.05) is 32.0 Å². The number of benzene rings is 1. The van der Waals surface area contributed by atoms with Gasteiger partial charge in [-0.2, -0.15) is 0 Å². The van der Waals surface area contributed by atoms with Crippen molar-refractivity contribution in [3.8, 4) is 5.69 Å². The molecule has 2 aromatic rings. The minimum Gasteiger partial charge on any atom is -0.283 e. The second-order valence-electron chi connectivity index (χ2n) is 3.93. The van der Waals surface area contributed by atoms with Crippen LogP contribution in [0.1, 0.15) is 31.4 Å². The first-order chi connectivity index (χ1) is 7.20. The first-order valence-corrected chi connectivity index (χ1v) is 5.17. The van der Waals surface area contributed by atoms with E-state index in [1.165, 1.54) is 0 Å². The zero-order chi connectivity index (χ0) is 10.8. The second-order valence-corrected chi connectivity index (χ2v) is 3.93. The molecule has 2 rings (SSSR count). The molecular weight excluding hydrogens is 186 g/mol. The Morgan fingerprint density at radius 3 is 2.33 bits per heavy atom. The van der Waals surface area contributed by atoms with Crippen LogP contribution in [-0.2, 0) is 0 Å². The summed E-state index contributed by atoms with van der Waals surface area (Å²) < 4.78 is 2.10. The number of hydrogen-bond donors (Lipinski definition) is 0. The molecule has 0 N–H and O–H groups in total. The number of nitrogens with zero attached hydrogens (tertiary/aromatic N) is 3. The number of aryl methyl sites for hydroxylation is 1. The van der Waals surface area contributed by atoms with E-state index in [1.807, 2.05) is 25.1 Å². The average Bonchev–Trinajstić information content (AvgIpc) is 2.61. The van der Waals surface area contributed by atoms with E-state index in [4.69, 9.17) is 0 Å². The first-order valence-electron chi connectivity index (χ1n) is 5.17. The largest absolute Gasteiger partial charge is 0.283 e. The Bertz CT molecular complexity index is 443. The molecule has 0 amide bonds. The van der Waals surface area contributed by atoms with Crippen molar-refractivity contribution in [2.45, 2.75) is 26.7 Å². The van der Waals surface area contributed by atoms with Crippen molar-refractivity contribution in [3.63, 3.8) is 0 Å². The van der Waals surface area contributed by atoms with Crippen LogP contribution < -0.4 is 0 Å². The van der Waals surface area contributed by atoms with Gasteiger partial charge in [0.1, 0.15) is 11.6 Å². The number of para-hydroxylation sites is 1. The zero-order valence-electron chi connectivity index (χ0n) is 9.31. The molecule has 0 saturated heterocycles. The Morgan fingerprint density at radius 2 is 1.73 bits per heavy atom. The average molecular weight is 201 g/mol. The number of hydrogen-bond acceptors (Lipinski definition) is 2. The van der Waals surface area contributed by atoms with Crippen molar-refractivity contribution < 1.29 is 0 Å². The molecule has 15 heavy (non-hydrogen) atoms. The Hall–Kier alpha value is -1.64. The van der Waals surface area contributed by atoms with Crippen molar-refractivity contribution in [2.24, 2.45) is 0 Å². The molecule has 0 bridgehead atoms. The van der Waals surface area contributed by atoms with Crippen LogP contribution in [0.3, 0.4) is 0 Å². The topological polar surface area (TPSA) is 30.7 Å². The molecule has 0 unspecified atom stereocenters. The molecule has 0 radical (unpaired) electrons. The molecule has 0 spiro atoms. The second kappa shape index (κ2) is 3.85. The van der Waals surface area contributed by atoms with E-state index in [1.54, 1.807) is 0 Å². The SMILES string of the molecule is Cc1nnc(C(C)C)n1-c1ccccc1. The summed E-state index contributed by atoms with van der Waals surface area (Å²) >= 11 is 0. The Morgan fingerprint density at radius 1 is 1.07 bits per heavy atom. The van der Waals surface area contributed by atoms with Crippen LogP contribution in [0, 0.1) is 6.92 Å². The van der Waals surface area contributed by atoms with Gasteiger partial charge in [0.05, 0.1) is 0 Å². The van der Waals surface area contributed by atoms with Gasteiger partial charge in [0.25, 0.3) is 0 Å². The lowest BCUT2D eigenvalue weighted by Crippen LogP contribution is -2.04. The molecule has 0 fully saturated rings. The van der Waals surface area contributed by atoms with E-state index < -0.39 is 0 Å². The van der Waals surface area contributed by atoms with Crippen molar-refractivity contribution >= 4 is 0 Å². The maximum atomic E-state index is 4.20. The molecule has 1 aromatic carbocycles. The fourth-order valence-corrected chi connectivity index (χ4v) is 1.65. The number of aromatic nitrogens is 3. The van der Waals surface area contributed by atoms with E-state index in [-0.39, 0.29) is 0 Å². The van der Waals surface area contributed by atoms with Crippen LogP contribution in [0.25, 0.3) is 5.69 Å². The molecule has 1 aromatic heterocycles. The highest BCUT2D eigenvalue weighted by molar-refractivity contribution is 5.34. The molecule has 1 heterocycles. The van der Waals surface area contributed by atoms with Crippen molar-refractivity contribution in [1.29, 1.82) is 0 Å². The highest BCUT2D eigenvalue weighted by Crippen LogP contribution is 2.18. The molecule has 0 aliphatic rings. The molecule has 0 aliphatic heterocycles. The summed E-state index contributed by atoms with van der Waals surface area (Å²) in [6.45, 7) is 6.23. The normalized spacial score (nSPS) is 10.9. The molecular formula is C12H15N3. The highest BCUT2D eigenvalue weighted by Gasteiger charge is 2.12. The fraction of sp³-hybridized carbons (Fsp3) is 0.333. The summed E-state index contributed by atoms with van der Waals surface area (Å²) in [4.78, 5) is 0. The summed E-state index contributed by atoms with van der Waals surface area (Å²) in [5.74, 6) is 2.33. The lowest BCUT2D eigenvalue weighted by atomic mass is 10.2. The predicted molar refractivity (Wildman–Crippen MR) is 60.2 cm³/mol. The Balaban J connectivity index is 2.57. The van der Waals surface area contributed by atoms with Crippen LogP contribution in [-0.4, -0.2) is 14.8 Å². The minimum absolute atomic E-state index is 0.381. The molecule has 0 saturated carbocycles. The smallest absolute Gasteiger partial charge is 0.140 e. The number of rotatable bonds is 2. The van der Waals surface area contributed by atoms with Gasteiger partial charge >= 0.3 is 0 Å². The Kier molecular flexibility index (Phi) is 2.54. The molecule has 0 atom stereocenters. The lowest BCUT2D eigenvalue weighted by molar-refractivity contribution is 0.742. The van der Waals surface area contributed by atoms with Crippen LogP contribution in [0.5, 0.6) is 0 Å². The van der Waals surface area contributed by atoms with Crippen molar-refractivity contribution in [2.75, 3.05) is 0 Å². The van der Waals surface area contributed by atoms with Gasteiger partial charge in [-0.05, 0) is 19.1 Å². The summed E-state index contributed by atoms with van der Waals surface area (Å²) in [5.41, 5.74) is 1.13. The van der Waals surface area contributed by atoms with Gasteiger partial charge in [-0.15, -0.1) is 10.2 Å². The molecule has 3 heteroatoms. The van der Waals surface area contributed by atoms with E-state index >= 15 is 0 Å². The fourth-order valence-electron chi connectivity index (χ4n) is 1.65. The van der Waals surface area contributed by atoms with Crippen LogP contribution in [0.15, 0.2) is 30.3 Å². The van der Waals surface area contributed by atoms with E-state index in [0.29, 0.717) is 5.92 Å². The van der Waals surface area contributed by atoms with Gasteiger partial charge in [-0.25, -0.2) is 0 Å². The van der Waals surface area contributed by atoms with Gasteiger partial charge in [0, 0.05) is 11.6 Å². The summed E-state index contributed by atoms with van der Waals surface area (Å²) in [6, 6.07) is 10.2. The summed E-state index contributed by atoms with van der Waals surface area (Å²) in [7, 11) is 0. The first kappa shape index (κ1) is 9.90. The lowest BCUT2D eigenvalue weighted by Gasteiger charge is -2.10. The van der Waals surface area contributed by atoms with E-state index in [2.05, 4.69) is 40.7 Å². The third kappa shape index (κ3) is 1.77. The Labute approximate surface area is 89.8 Å². The zero-order valence-corrected chi connectivity index (χ0v) is 9.31. The third-order valence-electron chi connectivity index (χ3n) is 2.38. The van der Waals surface area contributed by atoms with Crippen molar-refractivity contribution in [3.05, 3.63) is 42.0 Å². The molecule has 0 aliphatic carbocycles. The van der Waals surface area contributed by atoms with E-state index in [9.17, 15) is 0 Å². The van der Waals surface area contributed by atoms with Crippen molar-refractivity contribution in [1.82, 2.24) is 14.8 Å². The highest BCUT2D eigenvalue weighted by atomic mass is 15.3. The summed E-state index contributed by atoms with van der Waals surface area (Å²) in [5, 5.41) is 8.33. The summed E-state index contributed by atoms with van der Waals surface area (Å²) in [6.07, 6.45) is 0. The monoisotopic (exact) mass is 201 g/mol. The van der Waals surface area contributed by atoms with Gasteiger partial charge < -0.3 is 0 Å². The minimum atomic E-state index is 0.381. The molecule has 78 valence electrons. The maximum absolute atomic E-state index is 4.20. The third-order valence-corrected chi connectivity index (χ3v) is 2.38. The maximum Gasteiger partial charge on any atom is 0.140 e. The standard InChI is InChI=1S/C12H15N3/c1-9(2)12-14-13-10(3)15(12)11-7-5-4-6-8-11/h4-9H,1-3H3. The quantitative estimate of drug-likeness (QED) is 0.748. The molecule has 3 nitrogen and oxygen atoms in total. The van der Waals surface area contributed by atoms with Crippen LogP contribution in [0.4, 0.5) is 0 Å². The van der Waals surface area contributed by atoms with Crippen LogP contribution in [0.2, 0.25) is 0 Å².